The van der Waals surface area contributed by atoms with Crippen molar-refractivity contribution < 1.29 is 14.4 Å². The zero-order valence-corrected chi connectivity index (χ0v) is 11.6. The summed E-state index contributed by atoms with van der Waals surface area (Å²) in [6.07, 6.45) is 3.47. The van der Waals surface area contributed by atoms with Gasteiger partial charge in [-0.1, -0.05) is 0 Å². The molecule has 0 amide bonds. The third-order valence-corrected chi connectivity index (χ3v) is 3.18. The smallest absolute Gasteiger partial charge is 0.275 e. The Labute approximate surface area is 118 Å². The molecule has 0 heterocycles. The number of nitrogens with zero attached hydrogens (tertiary/aromatic N) is 1. The van der Waals surface area contributed by atoms with Gasteiger partial charge in [-0.25, -0.2) is 0 Å². The van der Waals surface area contributed by atoms with Gasteiger partial charge in [0.25, 0.3) is 5.69 Å². The molecule has 1 aromatic rings. The van der Waals surface area contributed by atoms with Gasteiger partial charge in [-0.15, -0.1) is 0 Å². The Morgan fingerprint density at radius 3 is 2.85 bits per heavy atom. The van der Waals surface area contributed by atoms with Crippen LogP contribution in [0.1, 0.15) is 19.3 Å². The maximum absolute atomic E-state index is 10.8. The molecule has 0 aromatic heterocycles. The second kappa shape index (κ2) is 7.09. The number of anilines is 1. The third kappa shape index (κ3) is 4.70. The third-order valence-electron chi connectivity index (χ3n) is 3.18. The van der Waals surface area contributed by atoms with Crippen LogP contribution >= 0.6 is 0 Å². The standard InChI is InChI=1S/C14H20N2O4/c1-19-14-8-12(7-13(9-14)16(17)18)15-5-2-6-20-10-11-3-4-11/h7-9,11,15H,2-6,10H2,1H3. The van der Waals surface area contributed by atoms with Crippen LogP contribution < -0.4 is 10.1 Å². The Morgan fingerprint density at radius 2 is 2.20 bits per heavy atom. The number of hydrogen-bond donors (Lipinski definition) is 1. The van der Waals surface area contributed by atoms with Gasteiger partial charge in [0.05, 0.1) is 18.1 Å². The number of nitro benzene ring substituents is 1. The fraction of sp³-hybridized carbons (Fsp3) is 0.571. The van der Waals surface area contributed by atoms with E-state index in [0.29, 0.717) is 11.4 Å². The molecule has 20 heavy (non-hydrogen) atoms. The van der Waals surface area contributed by atoms with E-state index in [9.17, 15) is 10.1 Å². The van der Waals surface area contributed by atoms with E-state index < -0.39 is 4.92 Å². The summed E-state index contributed by atoms with van der Waals surface area (Å²) >= 11 is 0. The van der Waals surface area contributed by atoms with Crippen LogP contribution in [0.25, 0.3) is 0 Å². The number of methoxy groups -OCH3 is 1. The molecule has 6 heteroatoms. The predicted molar refractivity (Wildman–Crippen MR) is 76.3 cm³/mol. The van der Waals surface area contributed by atoms with Crippen LogP contribution in [0.2, 0.25) is 0 Å². The van der Waals surface area contributed by atoms with Gasteiger partial charge in [-0.3, -0.25) is 10.1 Å². The lowest BCUT2D eigenvalue weighted by Gasteiger charge is -2.08. The average Bonchev–Trinajstić information content (AvgIpc) is 3.26. The van der Waals surface area contributed by atoms with E-state index in [1.54, 1.807) is 6.07 Å². The van der Waals surface area contributed by atoms with Gasteiger partial charge in [0.2, 0.25) is 0 Å². The molecule has 0 unspecified atom stereocenters. The van der Waals surface area contributed by atoms with E-state index >= 15 is 0 Å². The minimum atomic E-state index is -0.424. The minimum absolute atomic E-state index is 0.0248. The van der Waals surface area contributed by atoms with Gasteiger partial charge in [0, 0.05) is 37.6 Å². The first kappa shape index (κ1) is 14.6. The number of nitrogens with one attached hydrogen (secondary N) is 1. The van der Waals surface area contributed by atoms with Crippen LogP contribution in [0.4, 0.5) is 11.4 Å². The molecule has 1 saturated carbocycles. The van der Waals surface area contributed by atoms with Gasteiger partial charge in [0.1, 0.15) is 5.75 Å². The Kier molecular flexibility index (Phi) is 5.17. The van der Waals surface area contributed by atoms with Gasteiger partial charge in [-0.2, -0.15) is 0 Å². The summed E-state index contributed by atoms with van der Waals surface area (Å²) in [6, 6.07) is 4.66. The lowest BCUT2D eigenvalue weighted by Crippen LogP contribution is -2.07. The number of rotatable bonds is 9. The van der Waals surface area contributed by atoms with Gasteiger partial charge in [0.15, 0.2) is 0 Å². The van der Waals surface area contributed by atoms with Gasteiger partial charge in [-0.05, 0) is 25.2 Å². The normalized spacial score (nSPS) is 14.1. The first-order valence-electron chi connectivity index (χ1n) is 6.84. The quantitative estimate of drug-likeness (QED) is 0.428. The monoisotopic (exact) mass is 280 g/mol. The zero-order valence-electron chi connectivity index (χ0n) is 11.6. The maximum Gasteiger partial charge on any atom is 0.275 e. The van der Waals surface area contributed by atoms with Crippen molar-refractivity contribution >= 4 is 11.4 Å². The fourth-order valence-corrected chi connectivity index (χ4v) is 1.85. The van der Waals surface area contributed by atoms with Crippen molar-refractivity contribution in [1.82, 2.24) is 0 Å². The largest absolute Gasteiger partial charge is 0.496 e. The van der Waals surface area contributed by atoms with E-state index in [-0.39, 0.29) is 5.69 Å². The Hall–Kier alpha value is -1.82. The molecule has 1 fully saturated rings. The SMILES string of the molecule is COc1cc(NCCCOCC2CC2)cc([N+](=O)[O-])c1. The Morgan fingerprint density at radius 1 is 1.40 bits per heavy atom. The molecule has 1 aliphatic rings. The van der Waals surface area contributed by atoms with Gasteiger partial charge < -0.3 is 14.8 Å². The molecule has 1 aromatic carbocycles. The van der Waals surface area contributed by atoms with Crippen molar-refractivity contribution in [2.24, 2.45) is 5.92 Å². The first-order valence-corrected chi connectivity index (χ1v) is 6.84. The summed E-state index contributed by atoms with van der Waals surface area (Å²) in [5.41, 5.74) is 0.718. The Bertz CT molecular complexity index is 460. The highest BCUT2D eigenvalue weighted by atomic mass is 16.6. The second-order valence-corrected chi connectivity index (χ2v) is 4.98. The molecular formula is C14H20N2O4. The minimum Gasteiger partial charge on any atom is -0.496 e. The first-order chi connectivity index (χ1) is 9.69. The topological polar surface area (TPSA) is 73.6 Å². The van der Waals surface area contributed by atoms with E-state index in [0.717, 1.165) is 32.1 Å². The molecular weight excluding hydrogens is 260 g/mol. The predicted octanol–water partition coefficient (Wildman–Crippen LogP) is 2.83. The van der Waals surface area contributed by atoms with Crippen LogP contribution in [0.3, 0.4) is 0 Å². The molecule has 0 bridgehead atoms. The molecule has 0 atom stereocenters. The van der Waals surface area contributed by atoms with E-state index in [1.807, 2.05) is 0 Å². The lowest BCUT2D eigenvalue weighted by atomic mass is 10.2. The van der Waals surface area contributed by atoms with Crippen molar-refractivity contribution in [1.29, 1.82) is 0 Å². The number of ether oxygens (including phenoxy) is 2. The van der Waals surface area contributed by atoms with Crippen molar-refractivity contribution in [2.45, 2.75) is 19.3 Å². The second-order valence-electron chi connectivity index (χ2n) is 4.98. The molecule has 110 valence electrons. The van der Waals surface area contributed by atoms with Crippen LogP contribution in [-0.2, 0) is 4.74 Å². The van der Waals surface area contributed by atoms with E-state index in [2.05, 4.69) is 5.32 Å². The molecule has 1 aliphatic carbocycles. The van der Waals surface area contributed by atoms with Crippen LogP contribution in [0.15, 0.2) is 18.2 Å². The summed E-state index contributed by atoms with van der Waals surface area (Å²) in [6.45, 7) is 2.30. The number of nitro groups is 1. The molecule has 0 spiro atoms. The van der Waals surface area contributed by atoms with Gasteiger partial charge >= 0.3 is 0 Å². The highest BCUT2D eigenvalue weighted by molar-refractivity contribution is 5.56. The van der Waals surface area contributed by atoms with E-state index in [1.165, 1.54) is 32.1 Å². The zero-order chi connectivity index (χ0) is 14.4. The highest BCUT2D eigenvalue weighted by Crippen LogP contribution is 2.28. The summed E-state index contributed by atoms with van der Waals surface area (Å²) in [4.78, 5) is 10.4. The van der Waals surface area contributed by atoms with Crippen molar-refractivity contribution in [3.8, 4) is 5.75 Å². The summed E-state index contributed by atoms with van der Waals surface area (Å²) < 4.78 is 10.6. The number of hydrogen-bond acceptors (Lipinski definition) is 5. The highest BCUT2D eigenvalue weighted by Gasteiger charge is 2.20. The van der Waals surface area contributed by atoms with E-state index in [4.69, 9.17) is 9.47 Å². The molecule has 2 rings (SSSR count). The average molecular weight is 280 g/mol. The summed E-state index contributed by atoms with van der Waals surface area (Å²) in [5, 5.41) is 14.0. The van der Waals surface area contributed by atoms with Crippen LogP contribution in [-0.4, -0.2) is 31.8 Å². The summed E-state index contributed by atoms with van der Waals surface area (Å²) in [5.74, 6) is 1.26. The number of non-ortho nitro benzene ring substituents is 1. The molecule has 1 N–H and O–H groups in total. The van der Waals surface area contributed by atoms with Crippen LogP contribution in [0, 0.1) is 16.0 Å². The van der Waals surface area contributed by atoms with Crippen molar-refractivity contribution in [3.05, 3.63) is 28.3 Å². The van der Waals surface area contributed by atoms with Crippen molar-refractivity contribution in [3.63, 3.8) is 0 Å². The Balaban J connectivity index is 1.75. The number of benzene rings is 1. The van der Waals surface area contributed by atoms with Crippen LogP contribution in [0.5, 0.6) is 5.75 Å². The molecule has 0 saturated heterocycles. The summed E-state index contributed by atoms with van der Waals surface area (Å²) in [7, 11) is 1.49. The molecule has 0 aliphatic heterocycles. The fourth-order valence-electron chi connectivity index (χ4n) is 1.85. The lowest BCUT2D eigenvalue weighted by molar-refractivity contribution is -0.384. The molecule has 0 radical (unpaired) electrons. The maximum atomic E-state index is 10.8. The molecule has 6 nitrogen and oxygen atoms in total. The van der Waals surface area contributed by atoms with Crippen molar-refractivity contribution in [2.75, 3.05) is 32.2 Å².